The molecule has 1 atom stereocenters. The molecule has 18 heavy (non-hydrogen) atoms. The number of amides is 2. The van der Waals surface area contributed by atoms with Gasteiger partial charge in [0, 0.05) is 6.54 Å². The lowest BCUT2D eigenvalue weighted by Gasteiger charge is -2.18. The van der Waals surface area contributed by atoms with Gasteiger partial charge in [0.15, 0.2) is 0 Å². The van der Waals surface area contributed by atoms with Crippen LogP contribution in [-0.4, -0.2) is 29.7 Å². The molecule has 1 aliphatic carbocycles. The highest BCUT2D eigenvalue weighted by Gasteiger charge is 2.40. The van der Waals surface area contributed by atoms with Crippen molar-refractivity contribution in [3.05, 3.63) is 0 Å². The van der Waals surface area contributed by atoms with Crippen LogP contribution in [0.4, 0.5) is 4.79 Å². The molecule has 0 aromatic carbocycles. The second kappa shape index (κ2) is 6.07. The number of hydrogen-bond acceptors (Lipinski definition) is 2. The van der Waals surface area contributed by atoms with Crippen LogP contribution in [0.5, 0.6) is 0 Å². The number of aliphatic carboxylic acids is 1. The molecule has 0 aromatic heterocycles. The number of carbonyl (C=O) groups is 2. The molecular formula is C13H24N2O3. The molecule has 5 nitrogen and oxygen atoms in total. The largest absolute Gasteiger partial charge is 0.480 e. The summed E-state index contributed by atoms with van der Waals surface area (Å²) in [6.07, 6.45) is 3.81. The topological polar surface area (TPSA) is 78.4 Å². The Morgan fingerprint density at radius 1 is 1.33 bits per heavy atom. The molecular weight excluding hydrogens is 232 g/mol. The first-order valence-corrected chi connectivity index (χ1v) is 6.66. The lowest BCUT2D eigenvalue weighted by molar-refractivity contribution is -0.139. The quantitative estimate of drug-likeness (QED) is 0.651. The standard InChI is InChI=1S/C13H24N2O3/c1-4-13(5-6-13)8-14-12(18)15-10(11(16)17)7-9(2)3/h9-10H,4-8H2,1-3H3,(H,16,17)(H2,14,15,18)/t10-/m1/s1. The average molecular weight is 256 g/mol. The maximum Gasteiger partial charge on any atom is 0.326 e. The van der Waals surface area contributed by atoms with Crippen molar-refractivity contribution in [3.63, 3.8) is 0 Å². The minimum absolute atomic E-state index is 0.233. The van der Waals surface area contributed by atoms with Gasteiger partial charge in [-0.05, 0) is 37.0 Å². The van der Waals surface area contributed by atoms with Gasteiger partial charge in [-0.15, -0.1) is 0 Å². The number of nitrogens with one attached hydrogen (secondary N) is 2. The average Bonchev–Trinajstić information content (AvgIpc) is 3.05. The molecule has 104 valence electrons. The number of rotatable bonds is 7. The molecule has 5 heteroatoms. The molecule has 0 aliphatic heterocycles. The Labute approximate surface area is 108 Å². The second-order valence-corrected chi connectivity index (χ2v) is 5.70. The molecule has 1 aliphatic rings. The third-order valence-corrected chi connectivity index (χ3v) is 3.64. The van der Waals surface area contributed by atoms with Crippen LogP contribution in [-0.2, 0) is 4.79 Å². The smallest absolute Gasteiger partial charge is 0.326 e. The van der Waals surface area contributed by atoms with Crippen LogP contribution in [0.3, 0.4) is 0 Å². The van der Waals surface area contributed by atoms with E-state index in [0.717, 1.165) is 19.3 Å². The van der Waals surface area contributed by atoms with Crippen molar-refractivity contribution >= 4 is 12.0 Å². The minimum atomic E-state index is -0.976. The van der Waals surface area contributed by atoms with Gasteiger partial charge in [0.05, 0.1) is 0 Å². The zero-order chi connectivity index (χ0) is 13.8. The van der Waals surface area contributed by atoms with Crippen molar-refractivity contribution < 1.29 is 14.7 Å². The molecule has 0 spiro atoms. The summed E-state index contributed by atoms with van der Waals surface area (Å²) in [6.45, 7) is 6.63. The van der Waals surface area contributed by atoms with Gasteiger partial charge in [0.25, 0.3) is 0 Å². The Kier molecular flexibility index (Phi) is 4.99. The van der Waals surface area contributed by atoms with Gasteiger partial charge < -0.3 is 15.7 Å². The highest BCUT2D eigenvalue weighted by molar-refractivity contribution is 5.82. The summed E-state index contributed by atoms with van der Waals surface area (Å²) in [5.41, 5.74) is 0.272. The molecule has 1 saturated carbocycles. The van der Waals surface area contributed by atoms with Crippen LogP contribution >= 0.6 is 0 Å². The summed E-state index contributed by atoms with van der Waals surface area (Å²) in [5.74, 6) is -0.743. The molecule has 0 bridgehead atoms. The normalized spacial score (nSPS) is 18.2. The summed E-state index contributed by atoms with van der Waals surface area (Å²) in [7, 11) is 0. The maximum absolute atomic E-state index is 11.6. The van der Waals surface area contributed by atoms with Crippen LogP contribution in [0.15, 0.2) is 0 Å². The van der Waals surface area contributed by atoms with Crippen LogP contribution in [0.1, 0.15) is 46.5 Å². The summed E-state index contributed by atoms with van der Waals surface area (Å²) < 4.78 is 0. The van der Waals surface area contributed by atoms with Gasteiger partial charge in [-0.25, -0.2) is 9.59 Å². The predicted octanol–water partition coefficient (Wildman–Crippen LogP) is 1.98. The Bertz CT molecular complexity index is 311. The summed E-state index contributed by atoms with van der Waals surface area (Å²) in [6, 6.07) is -1.18. The molecule has 0 saturated heterocycles. The first kappa shape index (κ1) is 14.8. The fraction of sp³-hybridized carbons (Fsp3) is 0.846. The number of carbonyl (C=O) groups excluding carboxylic acids is 1. The van der Waals surface area contributed by atoms with E-state index in [1.807, 2.05) is 13.8 Å². The fourth-order valence-corrected chi connectivity index (χ4v) is 2.00. The molecule has 1 rings (SSSR count). The van der Waals surface area contributed by atoms with Crippen molar-refractivity contribution in [1.29, 1.82) is 0 Å². The summed E-state index contributed by atoms with van der Waals surface area (Å²) in [4.78, 5) is 22.6. The Balaban J connectivity index is 2.34. The number of carboxylic acid groups (broad SMARTS) is 1. The van der Waals surface area contributed by atoms with E-state index in [4.69, 9.17) is 5.11 Å². The number of hydrogen-bond donors (Lipinski definition) is 3. The Hall–Kier alpha value is -1.26. The highest BCUT2D eigenvalue weighted by atomic mass is 16.4. The lowest BCUT2D eigenvalue weighted by atomic mass is 10.0. The van der Waals surface area contributed by atoms with Gasteiger partial charge in [-0.2, -0.15) is 0 Å². The zero-order valence-corrected chi connectivity index (χ0v) is 11.5. The van der Waals surface area contributed by atoms with Gasteiger partial charge in [0.2, 0.25) is 0 Å². The van der Waals surface area contributed by atoms with Crippen LogP contribution in [0.25, 0.3) is 0 Å². The van der Waals surface area contributed by atoms with E-state index >= 15 is 0 Å². The Morgan fingerprint density at radius 2 is 1.94 bits per heavy atom. The van der Waals surface area contributed by atoms with Crippen molar-refractivity contribution in [2.45, 2.75) is 52.5 Å². The van der Waals surface area contributed by atoms with Gasteiger partial charge in [-0.1, -0.05) is 20.8 Å². The molecule has 1 fully saturated rings. The number of urea groups is 1. The van der Waals surface area contributed by atoms with Crippen molar-refractivity contribution in [1.82, 2.24) is 10.6 Å². The first-order chi connectivity index (χ1) is 8.38. The van der Waals surface area contributed by atoms with E-state index in [1.165, 1.54) is 0 Å². The van der Waals surface area contributed by atoms with E-state index in [1.54, 1.807) is 0 Å². The van der Waals surface area contributed by atoms with E-state index in [0.29, 0.717) is 13.0 Å². The third kappa shape index (κ3) is 4.55. The monoisotopic (exact) mass is 256 g/mol. The summed E-state index contributed by atoms with van der Waals surface area (Å²) in [5, 5.41) is 14.3. The van der Waals surface area contributed by atoms with Gasteiger partial charge in [-0.3, -0.25) is 0 Å². The van der Waals surface area contributed by atoms with Crippen LogP contribution < -0.4 is 10.6 Å². The van der Waals surface area contributed by atoms with Gasteiger partial charge in [0.1, 0.15) is 6.04 Å². The van der Waals surface area contributed by atoms with Crippen LogP contribution in [0.2, 0.25) is 0 Å². The van der Waals surface area contributed by atoms with Gasteiger partial charge >= 0.3 is 12.0 Å². The second-order valence-electron chi connectivity index (χ2n) is 5.70. The van der Waals surface area contributed by atoms with E-state index < -0.39 is 12.0 Å². The molecule has 0 unspecified atom stereocenters. The molecule has 0 aromatic rings. The fourth-order valence-electron chi connectivity index (χ4n) is 2.00. The van der Waals surface area contributed by atoms with E-state index in [2.05, 4.69) is 17.6 Å². The minimum Gasteiger partial charge on any atom is -0.480 e. The van der Waals surface area contributed by atoms with E-state index in [9.17, 15) is 9.59 Å². The number of carboxylic acids is 1. The SMILES string of the molecule is CCC1(CNC(=O)N[C@H](CC(C)C)C(=O)O)CC1. The Morgan fingerprint density at radius 3 is 2.33 bits per heavy atom. The van der Waals surface area contributed by atoms with Crippen molar-refractivity contribution in [3.8, 4) is 0 Å². The molecule has 3 N–H and O–H groups in total. The highest BCUT2D eigenvalue weighted by Crippen LogP contribution is 2.47. The molecule has 0 radical (unpaired) electrons. The predicted molar refractivity (Wildman–Crippen MR) is 69.4 cm³/mol. The lowest BCUT2D eigenvalue weighted by Crippen LogP contribution is -2.47. The zero-order valence-electron chi connectivity index (χ0n) is 11.5. The maximum atomic E-state index is 11.6. The summed E-state index contributed by atoms with van der Waals surface area (Å²) >= 11 is 0. The third-order valence-electron chi connectivity index (χ3n) is 3.64. The first-order valence-electron chi connectivity index (χ1n) is 6.66. The molecule has 2 amide bonds. The van der Waals surface area contributed by atoms with Crippen molar-refractivity contribution in [2.75, 3.05) is 6.54 Å². The van der Waals surface area contributed by atoms with E-state index in [-0.39, 0.29) is 17.4 Å². The van der Waals surface area contributed by atoms with Crippen LogP contribution in [0, 0.1) is 11.3 Å². The molecule has 0 heterocycles. The van der Waals surface area contributed by atoms with Crippen molar-refractivity contribution in [2.24, 2.45) is 11.3 Å².